The largest absolute Gasteiger partial charge is 0.389 e. The molecule has 102 valence electrons. The molecule has 0 unspecified atom stereocenters. The maximum absolute atomic E-state index is 13.4. The zero-order chi connectivity index (χ0) is 14.7. The number of benzene rings is 1. The molecule has 1 aromatic heterocycles. The zero-order valence-corrected chi connectivity index (χ0v) is 10.9. The Balaban J connectivity index is 2.33. The second-order valence-electron chi connectivity index (χ2n) is 3.86. The Bertz CT molecular complexity index is 691. The number of hydrogen-bond acceptors (Lipinski definition) is 3. The molecule has 0 spiro atoms. The van der Waals surface area contributed by atoms with Crippen molar-refractivity contribution in [3.63, 3.8) is 0 Å². The predicted molar refractivity (Wildman–Crippen MR) is 74.4 cm³/mol. The summed E-state index contributed by atoms with van der Waals surface area (Å²) in [5, 5.41) is 2.44. The van der Waals surface area contributed by atoms with Crippen molar-refractivity contribution in [2.24, 2.45) is 5.73 Å². The Morgan fingerprint density at radius 1 is 1.25 bits per heavy atom. The smallest absolute Gasteiger partial charge is 0.258 e. The van der Waals surface area contributed by atoms with Gasteiger partial charge in [-0.15, -0.1) is 0 Å². The Hall–Kier alpha value is -2.41. The Kier molecular flexibility index (Phi) is 3.99. The molecule has 0 fully saturated rings. The maximum atomic E-state index is 13.4. The predicted octanol–water partition coefficient (Wildman–Crippen LogP) is 2.25. The summed E-state index contributed by atoms with van der Waals surface area (Å²) < 4.78 is 26.6. The van der Waals surface area contributed by atoms with Crippen LogP contribution in [-0.4, -0.2) is 15.9 Å². The summed E-state index contributed by atoms with van der Waals surface area (Å²) in [5.74, 6) is -2.00. The van der Waals surface area contributed by atoms with Crippen LogP contribution >= 0.6 is 12.2 Å². The highest BCUT2D eigenvalue weighted by Crippen LogP contribution is 2.18. The second-order valence-corrected chi connectivity index (χ2v) is 4.30. The van der Waals surface area contributed by atoms with Gasteiger partial charge in [0.25, 0.3) is 5.91 Å². The van der Waals surface area contributed by atoms with Crippen LogP contribution < -0.4 is 11.1 Å². The fraction of sp³-hybridized carbons (Fsp3) is 0. The summed E-state index contributed by atoms with van der Waals surface area (Å²) in [4.78, 5) is 15.4. The number of pyridine rings is 1. The molecule has 0 aliphatic rings. The minimum atomic E-state index is -0.760. The number of amides is 1. The minimum absolute atomic E-state index is 0.0741. The van der Waals surface area contributed by atoms with Gasteiger partial charge in [0.05, 0.1) is 17.4 Å². The number of nitrogens with two attached hydrogens (primary N) is 1. The summed E-state index contributed by atoms with van der Waals surface area (Å²) in [5.41, 5.74) is 5.65. The number of halogens is 2. The molecule has 0 radical (unpaired) electrons. The lowest BCUT2D eigenvalue weighted by molar-refractivity contribution is 0.102. The number of carbonyl (C=O) groups excluding carboxylic acids is 1. The van der Waals surface area contributed by atoms with Crippen molar-refractivity contribution < 1.29 is 13.6 Å². The lowest BCUT2D eigenvalue weighted by Gasteiger charge is -2.10. The number of carbonyl (C=O) groups is 1. The second kappa shape index (κ2) is 5.70. The summed E-state index contributed by atoms with van der Waals surface area (Å²) in [6, 6.07) is 4.77. The normalized spacial score (nSPS) is 10.1. The Morgan fingerprint density at radius 2 is 2.00 bits per heavy atom. The molecule has 0 aliphatic heterocycles. The third kappa shape index (κ3) is 2.94. The van der Waals surface area contributed by atoms with E-state index >= 15 is 0 Å². The van der Waals surface area contributed by atoms with E-state index in [0.29, 0.717) is 0 Å². The molecule has 1 heterocycles. The molecule has 20 heavy (non-hydrogen) atoms. The van der Waals surface area contributed by atoms with Crippen LogP contribution in [-0.2, 0) is 0 Å². The fourth-order valence-corrected chi connectivity index (χ4v) is 1.75. The first-order chi connectivity index (χ1) is 9.49. The van der Waals surface area contributed by atoms with Crippen LogP contribution in [0.1, 0.15) is 15.9 Å². The standard InChI is InChI=1S/C13H9F2N3OS/c14-7-1-2-11(9(5-7)12(16)20)18-13(19)8-3-4-17-6-10(8)15/h1-6H,(H2,16,20)(H,18,19). The first kappa shape index (κ1) is 14.0. The lowest BCUT2D eigenvalue weighted by Crippen LogP contribution is -2.18. The molecular weight excluding hydrogens is 284 g/mol. The molecule has 0 saturated carbocycles. The number of anilines is 1. The number of nitrogens with zero attached hydrogens (tertiary/aromatic N) is 1. The van der Waals surface area contributed by atoms with Gasteiger partial charge in [0, 0.05) is 11.8 Å². The summed E-state index contributed by atoms with van der Waals surface area (Å²) in [6.45, 7) is 0. The molecule has 1 aromatic carbocycles. The molecule has 0 atom stereocenters. The van der Waals surface area contributed by atoms with E-state index < -0.39 is 17.5 Å². The monoisotopic (exact) mass is 293 g/mol. The Morgan fingerprint density at radius 3 is 2.65 bits per heavy atom. The van der Waals surface area contributed by atoms with Gasteiger partial charge in [0.1, 0.15) is 10.8 Å². The van der Waals surface area contributed by atoms with Crippen LogP contribution in [0.4, 0.5) is 14.5 Å². The molecule has 7 heteroatoms. The first-order valence-corrected chi connectivity index (χ1v) is 5.90. The molecule has 2 aromatic rings. The van der Waals surface area contributed by atoms with Crippen molar-refractivity contribution in [3.8, 4) is 0 Å². The molecule has 4 nitrogen and oxygen atoms in total. The molecule has 0 bridgehead atoms. The quantitative estimate of drug-likeness (QED) is 0.852. The van der Waals surface area contributed by atoms with Crippen molar-refractivity contribution in [2.75, 3.05) is 5.32 Å². The van der Waals surface area contributed by atoms with E-state index in [1.807, 2.05) is 0 Å². The van der Waals surface area contributed by atoms with Gasteiger partial charge in [-0.25, -0.2) is 8.78 Å². The van der Waals surface area contributed by atoms with E-state index in [0.717, 1.165) is 18.3 Å². The minimum Gasteiger partial charge on any atom is -0.389 e. The Labute approximate surface area is 118 Å². The SMILES string of the molecule is NC(=S)c1cc(F)ccc1NC(=O)c1ccncc1F. The molecular formula is C13H9F2N3OS. The lowest BCUT2D eigenvalue weighted by atomic mass is 10.1. The van der Waals surface area contributed by atoms with Crippen molar-refractivity contribution >= 4 is 28.8 Å². The number of aromatic nitrogens is 1. The van der Waals surface area contributed by atoms with Crippen molar-refractivity contribution in [2.45, 2.75) is 0 Å². The average molecular weight is 293 g/mol. The highest BCUT2D eigenvalue weighted by Gasteiger charge is 2.14. The molecule has 3 N–H and O–H groups in total. The van der Waals surface area contributed by atoms with Crippen LogP contribution in [0.3, 0.4) is 0 Å². The van der Waals surface area contributed by atoms with Crippen molar-refractivity contribution in [1.29, 1.82) is 0 Å². The van der Waals surface area contributed by atoms with Gasteiger partial charge in [-0.2, -0.15) is 0 Å². The van der Waals surface area contributed by atoms with E-state index in [9.17, 15) is 13.6 Å². The summed E-state index contributed by atoms with van der Waals surface area (Å²) in [7, 11) is 0. The number of nitrogens with one attached hydrogen (secondary N) is 1. The van der Waals surface area contributed by atoms with Crippen LogP contribution in [0, 0.1) is 11.6 Å². The van der Waals surface area contributed by atoms with E-state index in [4.69, 9.17) is 18.0 Å². The van der Waals surface area contributed by atoms with Crippen molar-refractivity contribution in [1.82, 2.24) is 4.98 Å². The topological polar surface area (TPSA) is 68.0 Å². The number of thiocarbonyl (C=S) groups is 1. The molecule has 0 aliphatic carbocycles. The van der Waals surface area contributed by atoms with E-state index in [-0.39, 0.29) is 21.8 Å². The molecule has 2 rings (SSSR count). The van der Waals surface area contributed by atoms with E-state index in [1.54, 1.807) is 0 Å². The zero-order valence-electron chi connectivity index (χ0n) is 10.1. The van der Waals surface area contributed by atoms with Crippen LogP contribution in [0.2, 0.25) is 0 Å². The highest BCUT2D eigenvalue weighted by molar-refractivity contribution is 7.80. The molecule has 0 saturated heterocycles. The van der Waals surface area contributed by atoms with Gasteiger partial charge in [-0.1, -0.05) is 12.2 Å². The summed E-state index contributed by atoms with van der Waals surface area (Å²) in [6.07, 6.45) is 2.21. The third-order valence-electron chi connectivity index (χ3n) is 2.51. The van der Waals surface area contributed by atoms with Crippen LogP contribution in [0.5, 0.6) is 0 Å². The van der Waals surface area contributed by atoms with Gasteiger partial charge < -0.3 is 11.1 Å². The number of hydrogen-bond donors (Lipinski definition) is 2. The van der Waals surface area contributed by atoms with Gasteiger partial charge >= 0.3 is 0 Å². The van der Waals surface area contributed by atoms with Gasteiger partial charge in [-0.3, -0.25) is 9.78 Å². The van der Waals surface area contributed by atoms with Gasteiger partial charge in [0.15, 0.2) is 5.82 Å². The van der Waals surface area contributed by atoms with Crippen LogP contribution in [0.25, 0.3) is 0 Å². The average Bonchev–Trinajstić information content (AvgIpc) is 2.41. The van der Waals surface area contributed by atoms with E-state index in [1.165, 1.54) is 18.3 Å². The third-order valence-corrected chi connectivity index (χ3v) is 2.73. The maximum Gasteiger partial charge on any atom is 0.258 e. The van der Waals surface area contributed by atoms with Crippen molar-refractivity contribution in [3.05, 3.63) is 59.4 Å². The fourth-order valence-electron chi connectivity index (χ4n) is 1.58. The van der Waals surface area contributed by atoms with Gasteiger partial charge in [0.2, 0.25) is 0 Å². The first-order valence-electron chi connectivity index (χ1n) is 5.49. The highest BCUT2D eigenvalue weighted by atomic mass is 32.1. The molecule has 1 amide bonds. The van der Waals surface area contributed by atoms with E-state index in [2.05, 4.69) is 10.3 Å². The summed E-state index contributed by atoms with van der Waals surface area (Å²) >= 11 is 4.78. The van der Waals surface area contributed by atoms with Gasteiger partial charge in [-0.05, 0) is 24.3 Å². The number of rotatable bonds is 3. The van der Waals surface area contributed by atoms with Crippen LogP contribution in [0.15, 0.2) is 36.7 Å².